The second-order valence-electron chi connectivity index (χ2n) is 6.32. The molecule has 0 aromatic carbocycles. The molecule has 0 amide bonds. The number of hydrogen-bond acceptors (Lipinski definition) is 6. The lowest BCUT2D eigenvalue weighted by atomic mass is 10.1. The van der Waals surface area contributed by atoms with Gasteiger partial charge in [-0.1, -0.05) is 0 Å². The first-order chi connectivity index (χ1) is 13.1. The second kappa shape index (κ2) is 9.63. The largest absolute Gasteiger partial charge is 0.402 e. The van der Waals surface area contributed by atoms with Gasteiger partial charge in [0, 0.05) is 49.9 Å². The Morgan fingerprint density at radius 1 is 1.33 bits per heavy atom. The number of aromatic nitrogens is 3. The number of carbonyl (C=O) groups is 1. The Kier molecular flexibility index (Phi) is 7.25. The number of nitrogens with one attached hydrogen (secondary N) is 1. The first-order valence-corrected chi connectivity index (χ1v) is 8.78. The van der Waals surface area contributed by atoms with Crippen LogP contribution in [-0.4, -0.2) is 47.9 Å². The molecule has 2 aromatic rings. The quantitative estimate of drug-likeness (QED) is 0.691. The van der Waals surface area contributed by atoms with Crippen molar-refractivity contribution in [1.29, 1.82) is 0 Å². The molecule has 146 valence electrons. The zero-order valence-electron chi connectivity index (χ0n) is 15.9. The average molecular weight is 372 g/mol. The fraction of sp³-hybridized carbons (Fsp3) is 0.368. The summed E-state index contributed by atoms with van der Waals surface area (Å²) in [5.74, 6) is 1.45. The van der Waals surface area contributed by atoms with E-state index in [1.54, 1.807) is 23.9 Å². The van der Waals surface area contributed by atoms with Crippen LogP contribution < -0.4 is 16.4 Å². The maximum absolute atomic E-state index is 8.00. The Bertz CT molecular complexity index is 766. The van der Waals surface area contributed by atoms with E-state index in [0.29, 0.717) is 17.6 Å². The average Bonchev–Trinajstić information content (AvgIpc) is 3.37. The first-order valence-electron chi connectivity index (χ1n) is 8.78. The van der Waals surface area contributed by atoms with Crippen molar-refractivity contribution in [2.75, 3.05) is 25.1 Å². The third kappa shape index (κ3) is 5.01. The molecule has 27 heavy (non-hydrogen) atoms. The van der Waals surface area contributed by atoms with E-state index in [0.717, 1.165) is 43.0 Å². The number of aromatic amines is 1. The van der Waals surface area contributed by atoms with Gasteiger partial charge in [0.2, 0.25) is 0 Å². The van der Waals surface area contributed by atoms with Crippen LogP contribution in [0.3, 0.4) is 0 Å². The summed E-state index contributed by atoms with van der Waals surface area (Å²) in [5.41, 5.74) is 14.6. The topological polar surface area (TPSA) is 115 Å². The number of methoxy groups -OCH3 is 1. The minimum atomic E-state index is 0.338. The van der Waals surface area contributed by atoms with Crippen molar-refractivity contribution in [3.05, 3.63) is 42.4 Å². The number of carbonyl (C=O) groups excluding carboxylic acids is 1. The zero-order valence-corrected chi connectivity index (χ0v) is 15.9. The third-order valence-electron chi connectivity index (χ3n) is 4.45. The van der Waals surface area contributed by atoms with Crippen LogP contribution in [-0.2, 0) is 9.53 Å². The van der Waals surface area contributed by atoms with Gasteiger partial charge in [0.1, 0.15) is 12.6 Å². The molecule has 0 radical (unpaired) electrons. The first kappa shape index (κ1) is 20.3. The summed E-state index contributed by atoms with van der Waals surface area (Å²) in [6, 6.07) is 4.09. The number of anilines is 1. The van der Waals surface area contributed by atoms with Crippen molar-refractivity contribution in [3.8, 4) is 11.3 Å². The SMILES string of the molecule is C=O.COC1CCN(c2cc(-c3cc[nH]c3)n(/C(N)=C/C=C(/C)N)n2)CC1. The predicted molar refractivity (Wildman–Crippen MR) is 108 cm³/mol. The lowest BCUT2D eigenvalue weighted by Crippen LogP contribution is -2.36. The molecule has 0 saturated carbocycles. The number of nitrogens with two attached hydrogens (primary N) is 2. The Labute approximate surface area is 159 Å². The number of nitrogens with zero attached hydrogens (tertiary/aromatic N) is 3. The van der Waals surface area contributed by atoms with Gasteiger partial charge in [0.25, 0.3) is 0 Å². The van der Waals surface area contributed by atoms with E-state index >= 15 is 0 Å². The number of H-pyrrole nitrogens is 1. The van der Waals surface area contributed by atoms with Crippen LogP contribution in [0.1, 0.15) is 19.8 Å². The lowest BCUT2D eigenvalue weighted by molar-refractivity contribution is -0.0979. The standard InChI is InChI=1S/C18H26N6O.CH2O/c1-13(19)3-4-17(20)24-16(14-5-8-21-12-14)11-18(22-24)23-9-6-15(25-2)7-10-23;1-2/h3-5,8,11-12,15,21H,6-7,9-10,19-20H2,1-2H3;1H2/b13-3-,17-4+;. The van der Waals surface area contributed by atoms with Gasteiger partial charge in [-0.25, -0.2) is 4.68 Å². The van der Waals surface area contributed by atoms with E-state index in [-0.39, 0.29) is 0 Å². The molecule has 3 heterocycles. The van der Waals surface area contributed by atoms with Crippen LogP contribution in [0, 0.1) is 0 Å². The molecular weight excluding hydrogens is 344 g/mol. The summed E-state index contributed by atoms with van der Waals surface area (Å²) < 4.78 is 7.22. The van der Waals surface area contributed by atoms with Crippen molar-refractivity contribution >= 4 is 18.4 Å². The summed E-state index contributed by atoms with van der Waals surface area (Å²) in [6.45, 7) is 5.67. The van der Waals surface area contributed by atoms with E-state index in [1.165, 1.54) is 0 Å². The highest BCUT2D eigenvalue weighted by molar-refractivity contribution is 5.68. The minimum absolute atomic E-state index is 0.338. The van der Waals surface area contributed by atoms with E-state index in [2.05, 4.69) is 16.0 Å². The van der Waals surface area contributed by atoms with Gasteiger partial charge >= 0.3 is 0 Å². The van der Waals surface area contributed by atoms with Crippen LogP contribution in [0.15, 0.2) is 42.4 Å². The number of rotatable bonds is 5. The second-order valence-corrected chi connectivity index (χ2v) is 6.32. The molecule has 0 aliphatic carbocycles. The number of piperidine rings is 1. The molecule has 5 N–H and O–H groups in total. The van der Waals surface area contributed by atoms with Gasteiger partial charge in [0.05, 0.1) is 11.8 Å². The summed E-state index contributed by atoms with van der Waals surface area (Å²) in [4.78, 5) is 13.4. The van der Waals surface area contributed by atoms with Crippen molar-refractivity contribution in [3.63, 3.8) is 0 Å². The molecule has 1 fully saturated rings. The van der Waals surface area contributed by atoms with E-state index in [9.17, 15) is 0 Å². The van der Waals surface area contributed by atoms with Gasteiger partial charge in [-0.2, -0.15) is 0 Å². The number of hydrogen-bond donors (Lipinski definition) is 3. The van der Waals surface area contributed by atoms with Gasteiger partial charge in [-0.15, -0.1) is 5.10 Å². The van der Waals surface area contributed by atoms with Gasteiger partial charge in [-0.05, 0) is 38.0 Å². The van der Waals surface area contributed by atoms with Crippen molar-refractivity contribution in [1.82, 2.24) is 14.8 Å². The monoisotopic (exact) mass is 372 g/mol. The maximum atomic E-state index is 8.00. The van der Waals surface area contributed by atoms with Gasteiger partial charge in [0.15, 0.2) is 5.82 Å². The van der Waals surface area contributed by atoms with Crippen LogP contribution in [0.4, 0.5) is 5.82 Å². The van der Waals surface area contributed by atoms with Crippen LogP contribution in [0.2, 0.25) is 0 Å². The van der Waals surface area contributed by atoms with E-state index in [4.69, 9.17) is 26.1 Å². The smallest absolute Gasteiger partial charge is 0.151 e. The van der Waals surface area contributed by atoms with Crippen LogP contribution in [0.5, 0.6) is 0 Å². The summed E-state index contributed by atoms with van der Waals surface area (Å²) >= 11 is 0. The number of allylic oxidation sites excluding steroid dienone is 3. The lowest BCUT2D eigenvalue weighted by Gasteiger charge is -2.31. The minimum Gasteiger partial charge on any atom is -0.402 e. The molecule has 1 aliphatic rings. The van der Waals surface area contributed by atoms with Crippen LogP contribution in [0.25, 0.3) is 17.1 Å². The maximum Gasteiger partial charge on any atom is 0.151 e. The van der Waals surface area contributed by atoms with Crippen molar-refractivity contribution < 1.29 is 9.53 Å². The Hall–Kier alpha value is -3.00. The Morgan fingerprint density at radius 2 is 2.04 bits per heavy atom. The van der Waals surface area contributed by atoms with Crippen molar-refractivity contribution in [2.24, 2.45) is 11.5 Å². The molecule has 1 saturated heterocycles. The van der Waals surface area contributed by atoms with Gasteiger partial charge in [-0.3, -0.25) is 0 Å². The summed E-state index contributed by atoms with van der Waals surface area (Å²) in [6.07, 6.45) is 9.73. The molecule has 8 nitrogen and oxygen atoms in total. The molecule has 1 aliphatic heterocycles. The summed E-state index contributed by atoms with van der Waals surface area (Å²) in [7, 11) is 1.78. The van der Waals surface area contributed by atoms with Crippen LogP contribution >= 0.6 is 0 Å². The molecule has 0 unspecified atom stereocenters. The molecule has 0 bridgehead atoms. The fourth-order valence-corrected chi connectivity index (χ4v) is 3.02. The Morgan fingerprint density at radius 3 is 2.59 bits per heavy atom. The van der Waals surface area contributed by atoms with E-state index < -0.39 is 0 Å². The fourth-order valence-electron chi connectivity index (χ4n) is 3.02. The highest BCUT2D eigenvalue weighted by atomic mass is 16.5. The number of ether oxygens (including phenoxy) is 1. The molecule has 3 rings (SSSR count). The molecule has 2 aromatic heterocycles. The third-order valence-corrected chi connectivity index (χ3v) is 4.45. The highest BCUT2D eigenvalue weighted by Crippen LogP contribution is 2.28. The zero-order chi connectivity index (χ0) is 19.8. The van der Waals surface area contributed by atoms with Crippen molar-refractivity contribution in [2.45, 2.75) is 25.9 Å². The molecule has 0 spiro atoms. The normalized spacial score (nSPS) is 16.1. The molecule has 8 heteroatoms. The highest BCUT2D eigenvalue weighted by Gasteiger charge is 2.22. The molecule has 0 atom stereocenters. The van der Waals surface area contributed by atoms with Gasteiger partial charge < -0.3 is 30.9 Å². The predicted octanol–water partition coefficient (Wildman–Crippen LogP) is 1.93. The Balaban J connectivity index is 0.00000126. The van der Waals surface area contributed by atoms with E-state index in [1.807, 2.05) is 32.2 Å². The summed E-state index contributed by atoms with van der Waals surface area (Å²) in [5, 5.41) is 4.74. The molecular formula is C19H28N6O2.